The quantitative estimate of drug-likeness (QED) is 0.388. The molecular formula is C26H36N4O2. The summed E-state index contributed by atoms with van der Waals surface area (Å²) in [6.07, 6.45) is 0.849. The van der Waals surface area contributed by atoms with Crippen molar-refractivity contribution in [3.8, 4) is 0 Å². The topological polar surface area (TPSA) is 57.2 Å². The molecule has 1 saturated heterocycles. The third kappa shape index (κ3) is 7.38. The van der Waals surface area contributed by atoms with E-state index >= 15 is 0 Å². The van der Waals surface area contributed by atoms with Gasteiger partial charge in [-0.25, -0.2) is 4.79 Å². The number of aliphatic imine (C=N–C) groups is 1. The van der Waals surface area contributed by atoms with Crippen LogP contribution in [0.4, 0.5) is 11.4 Å². The van der Waals surface area contributed by atoms with Gasteiger partial charge in [0.25, 0.3) is 0 Å². The Labute approximate surface area is 192 Å². The molecule has 0 saturated carbocycles. The Morgan fingerprint density at radius 3 is 2.25 bits per heavy atom. The fourth-order valence-electron chi connectivity index (χ4n) is 3.75. The van der Waals surface area contributed by atoms with Gasteiger partial charge in [-0.3, -0.25) is 9.89 Å². The van der Waals surface area contributed by atoms with E-state index < -0.39 is 0 Å². The molecule has 0 unspecified atom stereocenters. The number of carbonyl (C=O) groups excluding carboxylic acids is 1. The highest BCUT2D eigenvalue weighted by atomic mass is 16.5. The Hall–Kier alpha value is -2.86. The van der Waals surface area contributed by atoms with Crippen LogP contribution in [0.25, 0.3) is 0 Å². The van der Waals surface area contributed by atoms with Crippen molar-refractivity contribution in [3.05, 3.63) is 60.2 Å². The standard InChI is InChI=1S/C26H36N4O2/c1-5-32-25(31)21-11-13-22(14-12-21)27-24(28-26(2,3)4)15-16-29-17-19-30(20-18-29)23-9-7-6-8-10-23/h6-14H,5,15-20H2,1-4H3,(H,27,28). The van der Waals surface area contributed by atoms with Crippen molar-refractivity contribution in [2.75, 3.05) is 49.5 Å². The normalized spacial score (nSPS) is 15.5. The van der Waals surface area contributed by atoms with Crippen LogP contribution in [0.15, 0.2) is 59.6 Å². The van der Waals surface area contributed by atoms with Crippen molar-refractivity contribution in [1.82, 2.24) is 4.90 Å². The van der Waals surface area contributed by atoms with E-state index in [1.807, 2.05) is 19.1 Å². The van der Waals surface area contributed by atoms with Gasteiger partial charge in [-0.15, -0.1) is 0 Å². The fraction of sp³-hybridized carbons (Fsp3) is 0.462. The minimum absolute atomic E-state index is 0.167. The molecule has 6 heteroatoms. The summed E-state index contributed by atoms with van der Waals surface area (Å²) in [5, 5.41) is 3.47. The monoisotopic (exact) mass is 436 g/mol. The Bertz CT molecular complexity index is 880. The number of rotatable bonds is 7. The molecule has 172 valence electrons. The van der Waals surface area contributed by atoms with Gasteiger partial charge in [0, 0.05) is 50.5 Å². The lowest BCUT2D eigenvalue weighted by Gasteiger charge is -2.36. The maximum atomic E-state index is 11.9. The number of carbonyl (C=O) groups is 1. The van der Waals surface area contributed by atoms with Gasteiger partial charge in [0.2, 0.25) is 0 Å². The molecule has 2 aromatic carbocycles. The van der Waals surface area contributed by atoms with Crippen LogP contribution in [0, 0.1) is 0 Å². The predicted molar refractivity (Wildman–Crippen MR) is 133 cm³/mol. The molecule has 1 fully saturated rings. The molecule has 0 amide bonds. The van der Waals surface area contributed by atoms with Gasteiger partial charge in [-0.2, -0.15) is 0 Å². The third-order valence-electron chi connectivity index (χ3n) is 5.31. The van der Waals surface area contributed by atoms with Gasteiger partial charge in [0.05, 0.1) is 17.7 Å². The van der Waals surface area contributed by atoms with E-state index in [9.17, 15) is 4.79 Å². The minimum Gasteiger partial charge on any atom is -0.462 e. The molecule has 3 rings (SSSR count). The largest absolute Gasteiger partial charge is 0.462 e. The van der Waals surface area contributed by atoms with Gasteiger partial charge in [0.1, 0.15) is 5.84 Å². The molecule has 6 nitrogen and oxygen atoms in total. The van der Waals surface area contributed by atoms with Gasteiger partial charge >= 0.3 is 5.97 Å². The number of ether oxygens (including phenoxy) is 1. The molecule has 1 heterocycles. The maximum Gasteiger partial charge on any atom is 0.338 e. The molecule has 0 bridgehead atoms. The van der Waals surface area contributed by atoms with Crippen LogP contribution in [-0.4, -0.2) is 61.6 Å². The number of benzene rings is 2. The maximum absolute atomic E-state index is 11.9. The molecular weight excluding hydrogens is 400 g/mol. The van der Waals surface area contributed by atoms with Gasteiger partial charge in [-0.1, -0.05) is 18.2 Å². The van der Waals surface area contributed by atoms with Crippen LogP contribution < -0.4 is 10.2 Å². The highest BCUT2D eigenvalue weighted by molar-refractivity contribution is 5.96. The summed E-state index contributed by atoms with van der Waals surface area (Å²) in [4.78, 5) is 21.7. The van der Waals surface area contributed by atoms with E-state index in [4.69, 9.17) is 9.73 Å². The summed E-state index contributed by atoms with van der Waals surface area (Å²) in [7, 11) is 0. The number of hydrogen-bond acceptors (Lipinski definition) is 5. The van der Waals surface area contributed by atoms with Crippen molar-refractivity contribution >= 4 is 23.2 Å². The Kier molecular flexibility index (Phi) is 8.28. The number of piperazine rings is 1. The summed E-state index contributed by atoms with van der Waals surface area (Å²) in [6, 6.07) is 18.0. The molecule has 0 spiro atoms. The first-order chi connectivity index (χ1) is 15.3. The first-order valence-electron chi connectivity index (χ1n) is 11.5. The zero-order valence-electron chi connectivity index (χ0n) is 19.8. The van der Waals surface area contributed by atoms with Crippen LogP contribution in [0.2, 0.25) is 0 Å². The van der Waals surface area contributed by atoms with E-state index in [2.05, 4.69) is 66.2 Å². The zero-order chi connectivity index (χ0) is 23.0. The first-order valence-corrected chi connectivity index (χ1v) is 11.5. The minimum atomic E-state index is -0.294. The van der Waals surface area contributed by atoms with Crippen LogP contribution >= 0.6 is 0 Å². The SMILES string of the molecule is CCOC(=O)c1ccc(NC(CCN2CCN(c3ccccc3)CC2)=NC(C)(C)C)cc1. The molecule has 1 aliphatic rings. The number of nitrogens with one attached hydrogen (secondary N) is 1. The third-order valence-corrected chi connectivity index (χ3v) is 5.31. The number of amidine groups is 1. The summed E-state index contributed by atoms with van der Waals surface area (Å²) >= 11 is 0. The van der Waals surface area contributed by atoms with Crippen molar-refractivity contribution < 1.29 is 9.53 Å². The molecule has 32 heavy (non-hydrogen) atoms. The van der Waals surface area contributed by atoms with E-state index in [-0.39, 0.29) is 11.5 Å². The lowest BCUT2D eigenvalue weighted by molar-refractivity contribution is 0.0526. The van der Waals surface area contributed by atoms with Crippen molar-refractivity contribution in [1.29, 1.82) is 0 Å². The van der Waals surface area contributed by atoms with Crippen LogP contribution in [0.5, 0.6) is 0 Å². The van der Waals surface area contributed by atoms with Crippen LogP contribution in [-0.2, 0) is 4.74 Å². The van der Waals surface area contributed by atoms with Crippen molar-refractivity contribution in [2.45, 2.75) is 39.7 Å². The number of para-hydroxylation sites is 1. The Morgan fingerprint density at radius 2 is 1.66 bits per heavy atom. The number of esters is 1. The lowest BCUT2D eigenvalue weighted by Crippen LogP contribution is -2.47. The molecule has 0 aliphatic carbocycles. The van der Waals surface area contributed by atoms with Crippen LogP contribution in [0.1, 0.15) is 44.5 Å². The average molecular weight is 437 g/mol. The first kappa shape index (κ1) is 23.8. The Balaban J connectivity index is 1.56. The Morgan fingerprint density at radius 1 is 1.00 bits per heavy atom. The van der Waals surface area contributed by atoms with Crippen LogP contribution in [0.3, 0.4) is 0 Å². The van der Waals surface area contributed by atoms with Gasteiger partial charge in [-0.05, 0) is 64.1 Å². The molecule has 0 aromatic heterocycles. The van der Waals surface area contributed by atoms with Crippen molar-refractivity contribution in [3.63, 3.8) is 0 Å². The summed E-state index contributed by atoms with van der Waals surface area (Å²) in [5.74, 6) is 0.671. The van der Waals surface area contributed by atoms with Gasteiger partial charge in [0.15, 0.2) is 0 Å². The highest BCUT2D eigenvalue weighted by Gasteiger charge is 2.18. The zero-order valence-corrected chi connectivity index (χ0v) is 19.8. The molecule has 1 N–H and O–H groups in total. The molecule has 1 aliphatic heterocycles. The van der Waals surface area contributed by atoms with Crippen molar-refractivity contribution in [2.24, 2.45) is 4.99 Å². The van der Waals surface area contributed by atoms with E-state index in [0.29, 0.717) is 12.2 Å². The number of nitrogens with zero attached hydrogens (tertiary/aromatic N) is 3. The second-order valence-corrected chi connectivity index (χ2v) is 9.07. The highest BCUT2D eigenvalue weighted by Crippen LogP contribution is 2.17. The number of hydrogen-bond donors (Lipinski definition) is 1. The summed E-state index contributed by atoms with van der Waals surface area (Å²) in [6.45, 7) is 13.7. The lowest BCUT2D eigenvalue weighted by atomic mass is 10.1. The van der Waals surface area contributed by atoms with E-state index in [1.54, 1.807) is 12.1 Å². The second-order valence-electron chi connectivity index (χ2n) is 9.07. The average Bonchev–Trinajstić information content (AvgIpc) is 2.78. The molecule has 2 aromatic rings. The van der Waals surface area contributed by atoms with E-state index in [1.165, 1.54) is 5.69 Å². The molecule has 0 radical (unpaired) electrons. The summed E-state index contributed by atoms with van der Waals surface area (Å²) in [5.41, 5.74) is 2.62. The smallest absolute Gasteiger partial charge is 0.338 e. The predicted octanol–water partition coefficient (Wildman–Crippen LogP) is 4.68. The second kappa shape index (κ2) is 11.1. The van der Waals surface area contributed by atoms with E-state index in [0.717, 1.165) is 50.7 Å². The fourth-order valence-corrected chi connectivity index (χ4v) is 3.75. The number of anilines is 2. The van der Waals surface area contributed by atoms with Gasteiger partial charge < -0.3 is 15.0 Å². The molecule has 0 atom stereocenters. The summed E-state index contributed by atoms with van der Waals surface area (Å²) < 4.78 is 5.06.